The zero-order chi connectivity index (χ0) is 24.9. The van der Waals surface area contributed by atoms with Crippen molar-refractivity contribution >= 4 is 17.8 Å². The van der Waals surface area contributed by atoms with E-state index in [-0.39, 0.29) is 42.0 Å². The Morgan fingerprint density at radius 3 is 2.59 bits per heavy atom. The van der Waals surface area contributed by atoms with E-state index >= 15 is 0 Å². The maximum absolute atomic E-state index is 14.5. The van der Waals surface area contributed by atoms with Gasteiger partial charge in [-0.15, -0.1) is 0 Å². The van der Waals surface area contributed by atoms with Gasteiger partial charge < -0.3 is 15.3 Å². The van der Waals surface area contributed by atoms with Gasteiger partial charge in [-0.25, -0.2) is 9.18 Å². The molecule has 3 rings (SSSR count). The van der Waals surface area contributed by atoms with Gasteiger partial charge in [0.25, 0.3) is 5.91 Å². The average Bonchev–Trinajstić information content (AvgIpc) is 3.22. The van der Waals surface area contributed by atoms with Crippen LogP contribution in [0.25, 0.3) is 0 Å². The Hall–Kier alpha value is -3.23. The number of halogens is 1. The van der Waals surface area contributed by atoms with Crippen LogP contribution >= 0.6 is 0 Å². The summed E-state index contributed by atoms with van der Waals surface area (Å²) >= 11 is 0. The molecular weight excluding hydrogens is 439 g/mol. The highest BCUT2D eigenvalue weighted by molar-refractivity contribution is 6.01. The molecule has 2 atom stereocenters. The number of hydrogen-bond acceptors (Lipinski definition) is 4. The van der Waals surface area contributed by atoms with E-state index in [2.05, 4.69) is 24.3 Å². The number of rotatable bonds is 11. The minimum Gasteiger partial charge on any atom is -0.476 e. The number of aromatic nitrogens is 2. The summed E-state index contributed by atoms with van der Waals surface area (Å²) in [5, 5.41) is 16.5. The quantitative estimate of drug-likeness (QED) is 0.481. The average molecular weight is 473 g/mol. The lowest BCUT2D eigenvalue weighted by Crippen LogP contribution is -2.64. The van der Waals surface area contributed by atoms with Gasteiger partial charge in [0.05, 0.1) is 13.1 Å². The zero-order valence-electron chi connectivity index (χ0n) is 20.0. The van der Waals surface area contributed by atoms with Gasteiger partial charge in [-0.05, 0) is 25.8 Å². The number of carboxylic acids is 1. The molecule has 2 unspecified atom stereocenters. The highest BCUT2D eigenvalue weighted by Crippen LogP contribution is 2.30. The van der Waals surface area contributed by atoms with Gasteiger partial charge in [-0.2, -0.15) is 5.10 Å². The van der Waals surface area contributed by atoms with Crippen LogP contribution in [0, 0.1) is 5.82 Å². The van der Waals surface area contributed by atoms with E-state index in [1.165, 1.54) is 21.7 Å². The van der Waals surface area contributed by atoms with Crippen molar-refractivity contribution < 1.29 is 23.9 Å². The first-order chi connectivity index (χ1) is 16.2. The van der Waals surface area contributed by atoms with Crippen molar-refractivity contribution in [3.63, 3.8) is 0 Å². The highest BCUT2D eigenvalue weighted by Gasteiger charge is 2.48. The number of amides is 2. The van der Waals surface area contributed by atoms with Crippen LogP contribution in [0.1, 0.15) is 85.8 Å². The van der Waals surface area contributed by atoms with Gasteiger partial charge in [0.1, 0.15) is 17.1 Å². The van der Waals surface area contributed by atoms with Crippen LogP contribution in [0.2, 0.25) is 0 Å². The number of carbonyl (C=O) groups excluding carboxylic acids is 2. The maximum atomic E-state index is 14.5. The van der Waals surface area contributed by atoms with E-state index in [0.29, 0.717) is 0 Å². The van der Waals surface area contributed by atoms with Gasteiger partial charge in [0.2, 0.25) is 5.91 Å². The summed E-state index contributed by atoms with van der Waals surface area (Å²) < 4.78 is 15.8. The molecular formula is C25H33FN4O4. The third kappa shape index (κ3) is 5.29. The van der Waals surface area contributed by atoms with Crippen molar-refractivity contribution in [2.75, 3.05) is 0 Å². The fraction of sp³-hybridized carbons (Fsp3) is 0.520. The van der Waals surface area contributed by atoms with E-state index in [9.17, 15) is 23.9 Å². The van der Waals surface area contributed by atoms with Crippen LogP contribution in [-0.4, -0.2) is 49.2 Å². The molecule has 2 aromatic rings. The number of benzene rings is 1. The van der Waals surface area contributed by atoms with Crippen LogP contribution in [0.3, 0.4) is 0 Å². The summed E-state index contributed by atoms with van der Waals surface area (Å²) in [5.41, 5.74) is -1.33. The molecule has 2 heterocycles. The Balaban J connectivity index is 1.96. The number of nitrogens with one attached hydrogen (secondary N) is 1. The van der Waals surface area contributed by atoms with Gasteiger partial charge in [-0.3, -0.25) is 14.3 Å². The molecule has 0 saturated carbocycles. The lowest BCUT2D eigenvalue weighted by Gasteiger charge is -2.44. The first-order valence-electron chi connectivity index (χ1n) is 11.9. The summed E-state index contributed by atoms with van der Waals surface area (Å²) in [6, 6.07) is 7.25. The van der Waals surface area contributed by atoms with Gasteiger partial charge in [0, 0.05) is 17.7 Å². The zero-order valence-corrected chi connectivity index (χ0v) is 20.0. The molecule has 1 aromatic heterocycles. The lowest BCUT2D eigenvalue weighted by molar-refractivity contribution is -0.134. The Kier molecular flexibility index (Phi) is 8.06. The number of fused-ring (bicyclic) bond motifs is 1. The first kappa shape index (κ1) is 25.4. The van der Waals surface area contributed by atoms with Crippen LogP contribution in [0.4, 0.5) is 4.39 Å². The Morgan fingerprint density at radius 2 is 1.94 bits per heavy atom. The second-order valence-electron chi connectivity index (χ2n) is 9.09. The standard InChI is InChI=1S/C25H33FN4O4/c1-4-6-7-12-18(10-5-2)27-24(34)25(3)16-30-21(14-20(28-30)23(32)33)22(31)29(25)15-17-11-8-9-13-19(17)26/h8-9,11,13-14,18H,4-7,10,12,15-16H2,1-3H3,(H,27,34)(H,32,33). The van der Waals surface area contributed by atoms with Crippen LogP contribution in [-0.2, 0) is 17.9 Å². The molecule has 1 aromatic carbocycles. The predicted octanol–water partition coefficient (Wildman–Crippen LogP) is 4.00. The van der Waals surface area contributed by atoms with Gasteiger partial charge >= 0.3 is 5.97 Å². The van der Waals surface area contributed by atoms with Crippen molar-refractivity contribution in [3.05, 3.63) is 53.1 Å². The van der Waals surface area contributed by atoms with Crippen molar-refractivity contribution in [3.8, 4) is 0 Å². The normalized spacial score (nSPS) is 18.5. The molecule has 0 fully saturated rings. The molecule has 9 heteroatoms. The molecule has 34 heavy (non-hydrogen) atoms. The Labute approximate surface area is 199 Å². The van der Waals surface area contributed by atoms with E-state index in [1.807, 2.05) is 0 Å². The van der Waals surface area contributed by atoms with E-state index in [0.717, 1.165) is 38.5 Å². The Bertz CT molecular complexity index is 1050. The summed E-state index contributed by atoms with van der Waals surface area (Å²) in [6.45, 7) is 5.64. The summed E-state index contributed by atoms with van der Waals surface area (Å²) in [5.74, 6) is -2.66. The minimum absolute atomic E-state index is 0.0323. The summed E-state index contributed by atoms with van der Waals surface area (Å²) in [6.07, 6.45) is 5.67. The maximum Gasteiger partial charge on any atom is 0.356 e. The first-order valence-corrected chi connectivity index (χ1v) is 11.9. The lowest BCUT2D eigenvalue weighted by atomic mass is 9.92. The highest BCUT2D eigenvalue weighted by atomic mass is 19.1. The minimum atomic E-state index is -1.38. The molecule has 2 amide bonds. The van der Waals surface area contributed by atoms with Crippen molar-refractivity contribution in [1.29, 1.82) is 0 Å². The van der Waals surface area contributed by atoms with Crippen molar-refractivity contribution in [1.82, 2.24) is 20.0 Å². The SMILES string of the molecule is CCCCCC(CCC)NC(=O)C1(C)Cn2nc(C(=O)O)cc2C(=O)N1Cc1ccccc1F. The number of hydrogen-bond donors (Lipinski definition) is 2. The van der Waals surface area contributed by atoms with Crippen molar-refractivity contribution in [2.45, 2.75) is 84.0 Å². The predicted molar refractivity (Wildman–Crippen MR) is 125 cm³/mol. The molecule has 1 aliphatic heterocycles. The number of unbranched alkanes of at least 4 members (excludes halogenated alkanes) is 2. The van der Waals surface area contributed by atoms with E-state index < -0.39 is 23.2 Å². The molecule has 0 saturated heterocycles. The number of aromatic carboxylic acids is 1. The number of carbonyl (C=O) groups is 3. The molecule has 2 N–H and O–H groups in total. The molecule has 1 aliphatic rings. The fourth-order valence-electron chi connectivity index (χ4n) is 4.41. The molecule has 184 valence electrons. The molecule has 0 bridgehead atoms. The second-order valence-corrected chi connectivity index (χ2v) is 9.09. The monoisotopic (exact) mass is 472 g/mol. The Morgan fingerprint density at radius 1 is 1.21 bits per heavy atom. The van der Waals surface area contributed by atoms with E-state index in [4.69, 9.17) is 0 Å². The van der Waals surface area contributed by atoms with Gasteiger partial charge in [0.15, 0.2) is 5.69 Å². The van der Waals surface area contributed by atoms with E-state index in [1.54, 1.807) is 25.1 Å². The molecule has 0 aliphatic carbocycles. The third-order valence-electron chi connectivity index (χ3n) is 6.42. The summed E-state index contributed by atoms with van der Waals surface area (Å²) in [7, 11) is 0. The third-order valence-corrected chi connectivity index (χ3v) is 6.42. The number of nitrogens with zero attached hydrogens (tertiary/aromatic N) is 3. The summed E-state index contributed by atoms with van der Waals surface area (Å²) in [4.78, 5) is 39.9. The topological polar surface area (TPSA) is 105 Å². The fourth-order valence-corrected chi connectivity index (χ4v) is 4.41. The largest absolute Gasteiger partial charge is 0.476 e. The molecule has 8 nitrogen and oxygen atoms in total. The van der Waals surface area contributed by atoms with Crippen molar-refractivity contribution in [2.24, 2.45) is 0 Å². The molecule has 0 spiro atoms. The van der Waals surface area contributed by atoms with Crippen LogP contribution < -0.4 is 5.32 Å². The van der Waals surface area contributed by atoms with Crippen LogP contribution in [0.5, 0.6) is 0 Å². The second kappa shape index (κ2) is 10.8. The van der Waals surface area contributed by atoms with Crippen LogP contribution in [0.15, 0.2) is 30.3 Å². The smallest absolute Gasteiger partial charge is 0.356 e. The van der Waals surface area contributed by atoms with Gasteiger partial charge in [-0.1, -0.05) is 57.7 Å². The number of carboxylic acid groups (broad SMARTS) is 1. The molecule has 0 radical (unpaired) electrons.